The molecule has 4 nitrogen and oxygen atoms in total. The lowest BCUT2D eigenvalue weighted by atomic mass is 9.77. The lowest BCUT2D eigenvalue weighted by Gasteiger charge is -2.34. The van der Waals surface area contributed by atoms with Gasteiger partial charge in [-0.2, -0.15) is 8.42 Å². The van der Waals surface area contributed by atoms with Crippen LogP contribution in [0.5, 0.6) is 0 Å². The van der Waals surface area contributed by atoms with E-state index in [2.05, 4.69) is 0 Å². The fourth-order valence-corrected chi connectivity index (χ4v) is 2.99. The molecule has 1 aromatic carbocycles. The number of benzene rings is 1. The normalized spacial score (nSPS) is 17.7. The summed E-state index contributed by atoms with van der Waals surface area (Å²) in [6.45, 7) is 9.77. The minimum Gasteiger partial charge on any atom is -0.309 e. The highest BCUT2D eigenvalue weighted by Crippen LogP contribution is 2.28. The Morgan fingerprint density at radius 3 is 2.30 bits per heavy atom. The number of nitrogens with zero attached hydrogens (tertiary/aromatic N) is 1. The van der Waals surface area contributed by atoms with Crippen molar-refractivity contribution in [2.24, 2.45) is 0 Å². The van der Waals surface area contributed by atoms with Crippen molar-refractivity contribution < 1.29 is 12.5 Å². The Balaban J connectivity index is 2.18. The van der Waals surface area contributed by atoms with E-state index in [0.717, 1.165) is 5.56 Å². The maximum Gasteiger partial charge on any atom is 0.406 e. The zero-order chi connectivity index (χ0) is 15.0. The summed E-state index contributed by atoms with van der Waals surface area (Å²) in [5.41, 5.74) is 0.797. The van der Waals surface area contributed by atoms with Crippen LogP contribution in [0.15, 0.2) is 29.2 Å². The van der Waals surface area contributed by atoms with Gasteiger partial charge in [-0.15, -0.1) is 0 Å². The third kappa shape index (κ3) is 3.43. The summed E-state index contributed by atoms with van der Waals surface area (Å²) in [4.78, 5) is 2.05. The summed E-state index contributed by atoms with van der Waals surface area (Å²) in [6.07, 6.45) is 3.54. The Morgan fingerprint density at radius 2 is 1.75 bits per heavy atom. The molecule has 6 heteroatoms. The Labute approximate surface area is 122 Å². The van der Waals surface area contributed by atoms with Gasteiger partial charge in [-0.1, -0.05) is 17.7 Å². The van der Waals surface area contributed by atoms with Crippen LogP contribution in [0.3, 0.4) is 0 Å². The monoisotopic (exact) mass is 292 g/mol. The molecule has 1 aliphatic heterocycles. The average molecular weight is 292 g/mol. The molecule has 0 N–H and O–H groups in total. The molecule has 1 heterocycles. The third-order valence-corrected chi connectivity index (χ3v) is 4.41. The molecule has 0 atom stereocenters. The molecular formula is C14H19BNO3S. The molecule has 1 aromatic rings. The van der Waals surface area contributed by atoms with Crippen LogP contribution >= 0.6 is 0 Å². The van der Waals surface area contributed by atoms with Crippen LogP contribution in [-0.2, 0) is 14.2 Å². The molecule has 0 spiro atoms. The summed E-state index contributed by atoms with van der Waals surface area (Å²) in [5.74, 6) is 0. The van der Waals surface area contributed by atoms with E-state index >= 15 is 0 Å². The predicted molar refractivity (Wildman–Crippen MR) is 79.7 cm³/mol. The first kappa shape index (κ1) is 15.5. The van der Waals surface area contributed by atoms with Gasteiger partial charge in [-0.3, -0.25) is 0 Å². The van der Waals surface area contributed by atoms with Crippen LogP contribution in [0.1, 0.15) is 26.3 Å². The molecule has 3 radical (unpaired) electrons. The van der Waals surface area contributed by atoms with Crippen LogP contribution in [0.25, 0.3) is 0 Å². The lowest BCUT2D eigenvalue weighted by molar-refractivity contribution is 0.281. The second kappa shape index (κ2) is 5.50. The molecule has 107 valence electrons. The van der Waals surface area contributed by atoms with Gasteiger partial charge in [0.15, 0.2) is 0 Å². The van der Waals surface area contributed by atoms with Gasteiger partial charge in [0.25, 0.3) is 10.1 Å². The van der Waals surface area contributed by atoms with Crippen LogP contribution in [0.4, 0.5) is 0 Å². The van der Waals surface area contributed by atoms with Crippen molar-refractivity contribution in [2.75, 3.05) is 0 Å². The maximum atomic E-state index is 12.3. The zero-order valence-corrected chi connectivity index (χ0v) is 13.0. The van der Waals surface area contributed by atoms with E-state index in [4.69, 9.17) is 4.10 Å². The molecule has 0 amide bonds. The second-order valence-electron chi connectivity index (χ2n) is 5.87. The first-order chi connectivity index (χ1) is 9.20. The van der Waals surface area contributed by atoms with Crippen molar-refractivity contribution in [3.05, 3.63) is 49.1 Å². The zero-order valence-electron chi connectivity index (χ0n) is 12.2. The van der Waals surface area contributed by atoms with E-state index in [1.807, 2.05) is 39.1 Å². The summed E-state index contributed by atoms with van der Waals surface area (Å²) < 4.78 is 29.9. The van der Waals surface area contributed by atoms with Gasteiger partial charge in [0.2, 0.25) is 0 Å². The van der Waals surface area contributed by atoms with Crippen LogP contribution in [0, 0.1) is 26.2 Å². The standard InChI is InChI=1S/C14H19BNO3S/c1-12-6-8-13(9-7-12)20(17,18)19-15-10-5-11-16(15)14(2,3)4/h5-11H,1-4H3. The molecule has 20 heavy (non-hydrogen) atoms. The minimum absolute atomic E-state index is 0.178. The van der Waals surface area contributed by atoms with E-state index in [9.17, 15) is 8.42 Å². The van der Waals surface area contributed by atoms with E-state index in [1.54, 1.807) is 37.0 Å². The van der Waals surface area contributed by atoms with Crippen molar-refractivity contribution in [1.29, 1.82) is 0 Å². The van der Waals surface area contributed by atoms with E-state index in [0.29, 0.717) is 0 Å². The average Bonchev–Trinajstić information content (AvgIpc) is 2.76. The van der Waals surface area contributed by atoms with Gasteiger partial charge >= 0.3 is 7.05 Å². The molecule has 1 saturated heterocycles. The SMILES string of the molecule is Cc1ccc(S(=O)(=O)OB2[CH][CH][CH]N2C(C)(C)C)cc1. The van der Waals surface area contributed by atoms with Crippen molar-refractivity contribution in [3.8, 4) is 0 Å². The minimum atomic E-state index is -3.77. The van der Waals surface area contributed by atoms with Crippen molar-refractivity contribution in [3.63, 3.8) is 0 Å². The molecule has 0 aromatic heterocycles. The van der Waals surface area contributed by atoms with Gasteiger partial charge in [-0.05, 0) is 52.6 Å². The van der Waals surface area contributed by atoms with Gasteiger partial charge in [-0.25, -0.2) is 0 Å². The lowest BCUT2D eigenvalue weighted by Crippen LogP contribution is -2.48. The van der Waals surface area contributed by atoms with Crippen molar-refractivity contribution in [2.45, 2.75) is 38.1 Å². The fraction of sp³-hybridized carbons (Fsp3) is 0.357. The molecule has 1 fully saturated rings. The molecular weight excluding hydrogens is 273 g/mol. The molecule has 2 rings (SSSR count). The Bertz CT molecular complexity index is 563. The summed E-state index contributed by atoms with van der Waals surface area (Å²) in [6, 6.07) is 6.64. The van der Waals surface area contributed by atoms with Crippen molar-refractivity contribution >= 4 is 17.2 Å². The smallest absolute Gasteiger partial charge is 0.309 e. The predicted octanol–water partition coefficient (Wildman–Crippen LogP) is 2.41. The fourth-order valence-electron chi connectivity index (χ4n) is 1.99. The van der Waals surface area contributed by atoms with Gasteiger partial charge in [0.05, 0.1) is 4.90 Å². The number of aryl methyl sites for hydroxylation is 1. The van der Waals surface area contributed by atoms with E-state index in [-0.39, 0.29) is 10.4 Å². The second-order valence-corrected chi connectivity index (χ2v) is 7.44. The molecule has 0 bridgehead atoms. The maximum absolute atomic E-state index is 12.3. The van der Waals surface area contributed by atoms with Gasteiger partial charge in [0.1, 0.15) is 0 Å². The topological polar surface area (TPSA) is 46.6 Å². The van der Waals surface area contributed by atoms with Gasteiger partial charge < -0.3 is 8.91 Å². The van der Waals surface area contributed by atoms with Crippen LogP contribution < -0.4 is 0 Å². The highest BCUT2D eigenvalue weighted by molar-refractivity contribution is 7.87. The van der Waals surface area contributed by atoms with E-state index in [1.165, 1.54) is 0 Å². The Kier molecular flexibility index (Phi) is 4.28. The first-order valence-corrected chi connectivity index (χ1v) is 7.91. The largest absolute Gasteiger partial charge is 0.406 e. The summed E-state index contributed by atoms with van der Waals surface area (Å²) in [5, 5.41) is 0. The molecule has 0 saturated carbocycles. The van der Waals surface area contributed by atoms with Crippen molar-refractivity contribution in [1.82, 2.24) is 4.81 Å². The molecule has 1 aliphatic rings. The number of hydrogen-bond acceptors (Lipinski definition) is 4. The Hall–Kier alpha value is -0.845. The number of hydrogen-bond donors (Lipinski definition) is 0. The van der Waals surface area contributed by atoms with Crippen LogP contribution in [-0.4, -0.2) is 25.8 Å². The Morgan fingerprint density at radius 1 is 1.15 bits per heavy atom. The number of rotatable bonds is 3. The van der Waals surface area contributed by atoms with E-state index < -0.39 is 17.2 Å². The highest BCUT2D eigenvalue weighted by atomic mass is 32.2. The molecule has 0 aliphatic carbocycles. The first-order valence-electron chi connectivity index (χ1n) is 6.50. The summed E-state index contributed by atoms with van der Waals surface area (Å²) in [7, 11) is -4.36. The highest BCUT2D eigenvalue weighted by Gasteiger charge is 2.41. The third-order valence-electron chi connectivity index (χ3n) is 3.11. The quantitative estimate of drug-likeness (QED) is 0.803. The summed E-state index contributed by atoms with van der Waals surface area (Å²) >= 11 is 0. The molecule has 0 unspecified atom stereocenters. The van der Waals surface area contributed by atoms with Crippen LogP contribution in [0.2, 0.25) is 0 Å². The van der Waals surface area contributed by atoms with Gasteiger partial charge in [0, 0.05) is 12.1 Å².